The van der Waals surface area contributed by atoms with E-state index >= 15 is 0 Å². The first-order chi connectivity index (χ1) is 9.62. The summed E-state index contributed by atoms with van der Waals surface area (Å²) in [5, 5.41) is 10.4. The Morgan fingerprint density at radius 2 is 1.70 bits per heavy atom. The van der Waals surface area contributed by atoms with Crippen LogP contribution in [0.3, 0.4) is 0 Å². The summed E-state index contributed by atoms with van der Waals surface area (Å²) >= 11 is 0. The van der Waals surface area contributed by atoms with E-state index in [1.165, 1.54) is 21.3 Å². The van der Waals surface area contributed by atoms with Crippen molar-refractivity contribution in [2.24, 2.45) is 7.05 Å². The van der Waals surface area contributed by atoms with E-state index in [0.29, 0.717) is 28.6 Å². The van der Waals surface area contributed by atoms with Crippen molar-refractivity contribution in [2.75, 3.05) is 21.3 Å². The molecule has 0 aliphatic rings. The van der Waals surface area contributed by atoms with Crippen LogP contribution in [0.2, 0.25) is 0 Å². The van der Waals surface area contributed by atoms with Crippen LogP contribution in [0.5, 0.6) is 17.2 Å². The van der Waals surface area contributed by atoms with E-state index in [1.807, 2.05) is 7.05 Å². The van der Waals surface area contributed by atoms with Crippen molar-refractivity contribution in [3.8, 4) is 17.2 Å². The molecular weight excluding hydrogens is 260 g/mol. The Morgan fingerprint density at radius 1 is 1.10 bits per heavy atom. The van der Waals surface area contributed by atoms with E-state index in [1.54, 1.807) is 29.1 Å². The summed E-state index contributed by atoms with van der Waals surface area (Å²) in [6.07, 6.45) is 2.54. The molecule has 6 heteroatoms. The van der Waals surface area contributed by atoms with Gasteiger partial charge in [-0.1, -0.05) is 0 Å². The minimum absolute atomic E-state index is 0.491. The summed E-state index contributed by atoms with van der Waals surface area (Å²) in [5.74, 6) is 2.02. The Morgan fingerprint density at radius 3 is 2.10 bits per heavy atom. The molecule has 0 bridgehead atoms. The average Bonchev–Trinajstić information content (AvgIpc) is 2.90. The summed E-state index contributed by atoms with van der Waals surface area (Å²) in [6.45, 7) is 0. The number of hydrogen-bond acceptors (Lipinski definition) is 5. The number of benzene rings is 1. The topological polar surface area (TPSA) is 65.7 Å². The number of methoxy groups -OCH3 is 3. The molecule has 0 saturated heterocycles. The number of hydrogen-bond donors (Lipinski definition) is 1. The van der Waals surface area contributed by atoms with E-state index in [0.717, 1.165) is 0 Å². The highest BCUT2D eigenvalue weighted by molar-refractivity contribution is 5.54. The van der Waals surface area contributed by atoms with Gasteiger partial charge < -0.3 is 23.9 Å². The van der Waals surface area contributed by atoms with Crippen LogP contribution in [-0.2, 0) is 7.05 Å². The van der Waals surface area contributed by atoms with E-state index in [9.17, 15) is 5.11 Å². The van der Waals surface area contributed by atoms with Crippen LogP contribution in [0.1, 0.15) is 17.5 Å². The van der Waals surface area contributed by atoms with Crippen molar-refractivity contribution in [1.82, 2.24) is 9.55 Å². The van der Waals surface area contributed by atoms with E-state index in [2.05, 4.69) is 4.98 Å². The molecule has 1 heterocycles. The second-order valence-electron chi connectivity index (χ2n) is 4.26. The summed E-state index contributed by atoms with van der Waals surface area (Å²) in [6, 6.07) is 3.42. The molecule has 1 aromatic heterocycles. The Balaban J connectivity index is 2.49. The number of aromatic nitrogens is 2. The van der Waals surface area contributed by atoms with Gasteiger partial charge in [0.25, 0.3) is 0 Å². The molecule has 20 heavy (non-hydrogen) atoms. The van der Waals surface area contributed by atoms with Gasteiger partial charge in [0, 0.05) is 19.4 Å². The number of aliphatic hydroxyl groups excluding tert-OH is 1. The fraction of sp³-hybridized carbons (Fsp3) is 0.357. The molecule has 1 N–H and O–H groups in total. The maximum absolute atomic E-state index is 10.4. The Hall–Kier alpha value is -2.21. The lowest BCUT2D eigenvalue weighted by atomic mass is 10.1. The Kier molecular flexibility index (Phi) is 4.14. The molecule has 2 rings (SSSR count). The van der Waals surface area contributed by atoms with Gasteiger partial charge in [0.15, 0.2) is 11.5 Å². The largest absolute Gasteiger partial charge is 0.493 e. The average molecular weight is 278 g/mol. The van der Waals surface area contributed by atoms with E-state index in [-0.39, 0.29) is 0 Å². The molecule has 0 amide bonds. The molecule has 1 atom stereocenters. The highest BCUT2D eigenvalue weighted by atomic mass is 16.5. The highest BCUT2D eigenvalue weighted by Crippen LogP contribution is 2.40. The highest BCUT2D eigenvalue weighted by Gasteiger charge is 2.20. The van der Waals surface area contributed by atoms with Crippen molar-refractivity contribution in [2.45, 2.75) is 6.10 Å². The molecule has 0 aliphatic carbocycles. The van der Waals surface area contributed by atoms with Crippen LogP contribution in [0.15, 0.2) is 24.5 Å². The van der Waals surface area contributed by atoms with Gasteiger partial charge in [-0.05, 0) is 17.7 Å². The molecule has 0 spiro atoms. The summed E-state index contributed by atoms with van der Waals surface area (Å²) in [4.78, 5) is 4.15. The normalized spacial score (nSPS) is 12.1. The van der Waals surface area contributed by atoms with Gasteiger partial charge in [-0.3, -0.25) is 0 Å². The van der Waals surface area contributed by atoms with Gasteiger partial charge in [0.2, 0.25) is 5.75 Å². The fourth-order valence-electron chi connectivity index (χ4n) is 2.05. The molecule has 2 aromatic rings. The molecule has 0 unspecified atom stereocenters. The predicted molar refractivity (Wildman–Crippen MR) is 73.4 cm³/mol. The van der Waals surface area contributed by atoms with Gasteiger partial charge in [0.1, 0.15) is 11.9 Å². The molecule has 0 aliphatic heterocycles. The third-order valence-corrected chi connectivity index (χ3v) is 3.11. The van der Waals surface area contributed by atoms with E-state index in [4.69, 9.17) is 14.2 Å². The number of aryl methyl sites for hydroxylation is 1. The van der Waals surface area contributed by atoms with Gasteiger partial charge in [-0.15, -0.1) is 0 Å². The van der Waals surface area contributed by atoms with Crippen molar-refractivity contribution >= 4 is 0 Å². The quantitative estimate of drug-likeness (QED) is 0.898. The monoisotopic (exact) mass is 278 g/mol. The maximum Gasteiger partial charge on any atom is 0.203 e. The molecule has 0 fully saturated rings. The van der Waals surface area contributed by atoms with E-state index < -0.39 is 6.10 Å². The summed E-state index contributed by atoms with van der Waals surface area (Å²) in [7, 11) is 6.43. The third-order valence-electron chi connectivity index (χ3n) is 3.11. The van der Waals surface area contributed by atoms with Crippen LogP contribution in [0.25, 0.3) is 0 Å². The number of aliphatic hydroxyl groups is 1. The van der Waals surface area contributed by atoms with Crippen LogP contribution >= 0.6 is 0 Å². The Bertz CT molecular complexity index is 570. The first kappa shape index (κ1) is 14.2. The number of rotatable bonds is 5. The van der Waals surface area contributed by atoms with Crippen molar-refractivity contribution < 1.29 is 19.3 Å². The van der Waals surface area contributed by atoms with Crippen molar-refractivity contribution in [1.29, 1.82) is 0 Å². The zero-order valence-electron chi connectivity index (χ0n) is 12.0. The summed E-state index contributed by atoms with van der Waals surface area (Å²) in [5.41, 5.74) is 0.619. The number of imidazole rings is 1. The van der Waals surface area contributed by atoms with Gasteiger partial charge in [-0.2, -0.15) is 0 Å². The lowest BCUT2D eigenvalue weighted by Gasteiger charge is -2.17. The number of ether oxygens (including phenoxy) is 3. The first-order valence-corrected chi connectivity index (χ1v) is 6.07. The van der Waals surface area contributed by atoms with Gasteiger partial charge >= 0.3 is 0 Å². The van der Waals surface area contributed by atoms with Crippen LogP contribution in [0, 0.1) is 0 Å². The third kappa shape index (κ3) is 2.42. The molecule has 108 valence electrons. The zero-order chi connectivity index (χ0) is 14.7. The standard InChI is InChI=1S/C14H18N2O4/c1-16-6-5-15-14(16)12(17)9-7-10(18-2)13(20-4)11(8-9)19-3/h5-8,12,17H,1-4H3/t12-/m0/s1. The second kappa shape index (κ2) is 5.83. The Labute approximate surface area is 117 Å². The van der Waals surface area contributed by atoms with Crippen LogP contribution in [0.4, 0.5) is 0 Å². The maximum atomic E-state index is 10.4. The lowest BCUT2D eigenvalue weighted by molar-refractivity contribution is 0.204. The molecule has 0 saturated carbocycles. The first-order valence-electron chi connectivity index (χ1n) is 6.07. The minimum Gasteiger partial charge on any atom is -0.493 e. The predicted octanol–water partition coefficient (Wildman–Crippen LogP) is 1.53. The van der Waals surface area contributed by atoms with Crippen LogP contribution < -0.4 is 14.2 Å². The smallest absolute Gasteiger partial charge is 0.203 e. The second-order valence-corrected chi connectivity index (χ2v) is 4.26. The fourth-order valence-corrected chi connectivity index (χ4v) is 2.05. The van der Waals surface area contributed by atoms with Crippen molar-refractivity contribution in [3.05, 3.63) is 35.9 Å². The van der Waals surface area contributed by atoms with Crippen molar-refractivity contribution in [3.63, 3.8) is 0 Å². The lowest BCUT2D eigenvalue weighted by Crippen LogP contribution is -2.08. The molecule has 6 nitrogen and oxygen atoms in total. The van der Waals surface area contributed by atoms with Gasteiger partial charge in [0.05, 0.1) is 21.3 Å². The van der Waals surface area contributed by atoms with Crippen LogP contribution in [-0.4, -0.2) is 36.0 Å². The molecule has 1 aromatic carbocycles. The molecule has 0 radical (unpaired) electrons. The minimum atomic E-state index is -0.872. The summed E-state index contributed by atoms with van der Waals surface area (Å²) < 4.78 is 17.6. The SMILES string of the molecule is COc1cc([C@H](O)c2nccn2C)cc(OC)c1OC. The number of nitrogens with zero attached hydrogens (tertiary/aromatic N) is 2. The zero-order valence-corrected chi connectivity index (χ0v) is 12.0. The molecular formula is C14H18N2O4. The van der Waals surface area contributed by atoms with Gasteiger partial charge in [-0.25, -0.2) is 4.98 Å².